The third kappa shape index (κ3) is 3.83. The largest absolute Gasteiger partial charge is 0.433 e. The highest BCUT2D eigenvalue weighted by Crippen LogP contribution is 2.37. The van der Waals surface area contributed by atoms with Crippen molar-refractivity contribution in [2.24, 2.45) is 0 Å². The number of amides is 1. The van der Waals surface area contributed by atoms with E-state index in [2.05, 4.69) is 20.1 Å². The molecule has 0 fully saturated rings. The minimum Gasteiger partial charge on any atom is -0.432 e. The lowest BCUT2D eigenvalue weighted by Gasteiger charge is -2.33. The van der Waals surface area contributed by atoms with E-state index in [1.165, 1.54) is 31.5 Å². The quantitative estimate of drug-likeness (QED) is 0.415. The summed E-state index contributed by atoms with van der Waals surface area (Å²) in [6, 6.07) is 3.80. The van der Waals surface area contributed by atoms with Gasteiger partial charge in [0.15, 0.2) is 5.69 Å². The molecule has 4 aromatic heterocycles. The van der Waals surface area contributed by atoms with Gasteiger partial charge in [0.05, 0.1) is 23.2 Å². The number of pyridine rings is 1. The van der Waals surface area contributed by atoms with Crippen molar-refractivity contribution in [1.29, 1.82) is 0 Å². The Bertz CT molecular complexity index is 1410. The average Bonchev–Trinajstić information content (AvgIpc) is 3.54. The standard InChI is InChI=1S/C21H17F5N6O3/c1-9(33)19-29-15(18(22)23)17(35-19)20(34)31-6-5-11-14(28-8-27-11)16(31)12-7-10-3-2-4-13(21(24,25)26)32(10)30-12/h2-4,7-9,16,18,33H,5-6H2,1H3,(H,27,28)/t9-,16?/m0/s1. The van der Waals surface area contributed by atoms with Gasteiger partial charge in [0, 0.05) is 18.7 Å². The number of halogens is 5. The third-order valence-electron chi connectivity index (χ3n) is 5.69. The number of imidazole rings is 1. The summed E-state index contributed by atoms with van der Waals surface area (Å²) >= 11 is 0. The summed E-state index contributed by atoms with van der Waals surface area (Å²) < 4.78 is 73.7. The number of nitrogens with zero attached hydrogens (tertiary/aromatic N) is 5. The SMILES string of the molecule is C[C@H](O)c1nc(C(F)F)c(C(=O)N2CCc3[nH]cnc3C2c2cc3cccc(C(F)(F)F)n3n2)o1. The van der Waals surface area contributed by atoms with Crippen molar-refractivity contribution in [3.05, 3.63) is 70.7 Å². The summed E-state index contributed by atoms with van der Waals surface area (Å²) in [6.07, 6.45) is -7.55. The first-order valence-corrected chi connectivity index (χ1v) is 10.4. The second-order valence-electron chi connectivity index (χ2n) is 7.98. The third-order valence-corrected chi connectivity index (χ3v) is 5.69. The monoisotopic (exact) mass is 496 g/mol. The Morgan fingerprint density at radius 1 is 1.31 bits per heavy atom. The number of aliphatic hydroxyl groups is 1. The Hall–Kier alpha value is -3.81. The number of fused-ring (bicyclic) bond motifs is 2. The molecule has 35 heavy (non-hydrogen) atoms. The van der Waals surface area contributed by atoms with Crippen LogP contribution in [0, 0.1) is 0 Å². The number of hydrogen-bond donors (Lipinski definition) is 2. The van der Waals surface area contributed by atoms with Gasteiger partial charge < -0.3 is 19.4 Å². The predicted octanol–water partition coefficient (Wildman–Crippen LogP) is 3.84. The Morgan fingerprint density at radius 3 is 2.77 bits per heavy atom. The Labute approximate surface area is 193 Å². The van der Waals surface area contributed by atoms with Gasteiger partial charge in [-0.25, -0.2) is 23.3 Å². The maximum absolute atomic E-state index is 13.6. The number of nitrogens with one attached hydrogen (secondary N) is 1. The van der Waals surface area contributed by atoms with Crippen molar-refractivity contribution in [2.75, 3.05) is 6.54 Å². The van der Waals surface area contributed by atoms with Crippen LogP contribution in [-0.2, 0) is 12.6 Å². The van der Waals surface area contributed by atoms with Crippen LogP contribution in [0.25, 0.3) is 5.52 Å². The van der Waals surface area contributed by atoms with Gasteiger partial charge in [-0.2, -0.15) is 18.3 Å². The number of carbonyl (C=O) groups is 1. The highest BCUT2D eigenvalue weighted by atomic mass is 19.4. The van der Waals surface area contributed by atoms with E-state index in [-0.39, 0.29) is 24.2 Å². The summed E-state index contributed by atoms with van der Waals surface area (Å²) in [6.45, 7) is 1.25. The number of aromatic amines is 1. The van der Waals surface area contributed by atoms with Crippen molar-refractivity contribution in [3.63, 3.8) is 0 Å². The Balaban J connectivity index is 1.64. The number of H-pyrrole nitrogens is 1. The second-order valence-corrected chi connectivity index (χ2v) is 7.98. The number of aliphatic hydroxyl groups excluding tert-OH is 1. The van der Waals surface area contributed by atoms with Crippen molar-refractivity contribution in [3.8, 4) is 0 Å². The molecule has 4 aromatic rings. The van der Waals surface area contributed by atoms with Gasteiger partial charge in [0.25, 0.3) is 12.3 Å². The molecular formula is C21H17F5N6O3. The van der Waals surface area contributed by atoms with E-state index in [9.17, 15) is 31.9 Å². The number of alkyl halides is 5. The Morgan fingerprint density at radius 2 is 2.09 bits per heavy atom. The van der Waals surface area contributed by atoms with Crippen molar-refractivity contribution < 1.29 is 36.3 Å². The van der Waals surface area contributed by atoms with E-state index in [1.807, 2.05) is 0 Å². The molecule has 1 aliphatic heterocycles. The number of aromatic nitrogens is 5. The first-order valence-electron chi connectivity index (χ1n) is 10.4. The van der Waals surface area contributed by atoms with Crippen LogP contribution in [0.3, 0.4) is 0 Å². The van der Waals surface area contributed by atoms with Gasteiger partial charge in [-0.3, -0.25) is 4.79 Å². The van der Waals surface area contributed by atoms with E-state index in [1.54, 1.807) is 0 Å². The van der Waals surface area contributed by atoms with Gasteiger partial charge in [-0.15, -0.1) is 0 Å². The summed E-state index contributed by atoms with van der Waals surface area (Å²) in [4.78, 5) is 25.3. The lowest BCUT2D eigenvalue weighted by molar-refractivity contribution is -0.142. The fourth-order valence-corrected chi connectivity index (χ4v) is 4.14. The van der Waals surface area contributed by atoms with Gasteiger partial charge in [-0.1, -0.05) is 6.07 Å². The van der Waals surface area contributed by atoms with Gasteiger partial charge in [0.1, 0.15) is 17.8 Å². The maximum atomic E-state index is 13.6. The normalized spacial score (nSPS) is 17.3. The van der Waals surface area contributed by atoms with Gasteiger partial charge >= 0.3 is 6.18 Å². The molecule has 2 N–H and O–H groups in total. The summed E-state index contributed by atoms with van der Waals surface area (Å²) in [5, 5.41) is 13.8. The van der Waals surface area contributed by atoms with Crippen LogP contribution in [0.15, 0.2) is 35.0 Å². The fraction of sp³-hybridized carbons (Fsp3) is 0.333. The van der Waals surface area contributed by atoms with E-state index in [4.69, 9.17) is 4.42 Å². The zero-order valence-corrected chi connectivity index (χ0v) is 17.9. The molecule has 2 atom stereocenters. The number of rotatable bonds is 4. The molecule has 0 bridgehead atoms. The highest BCUT2D eigenvalue weighted by molar-refractivity contribution is 5.93. The molecule has 5 heterocycles. The molecule has 1 aliphatic rings. The van der Waals surface area contributed by atoms with Crippen molar-refractivity contribution in [1.82, 2.24) is 29.5 Å². The predicted molar refractivity (Wildman–Crippen MR) is 107 cm³/mol. The van der Waals surface area contributed by atoms with Crippen LogP contribution in [0.4, 0.5) is 22.0 Å². The smallest absolute Gasteiger partial charge is 0.432 e. The van der Waals surface area contributed by atoms with Crippen molar-refractivity contribution >= 4 is 11.4 Å². The second kappa shape index (κ2) is 8.15. The van der Waals surface area contributed by atoms with E-state index >= 15 is 0 Å². The van der Waals surface area contributed by atoms with Crippen LogP contribution in [0.5, 0.6) is 0 Å². The minimum atomic E-state index is -4.69. The molecule has 9 nitrogen and oxygen atoms in total. The lowest BCUT2D eigenvalue weighted by Crippen LogP contribution is -2.41. The summed E-state index contributed by atoms with van der Waals surface area (Å²) in [5.41, 5.74) is -0.842. The summed E-state index contributed by atoms with van der Waals surface area (Å²) in [7, 11) is 0. The van der Waals surface area contributed by atoms with Crippen LogP contribution < -0.4 is 0 Å². The van der Waals surface area contributed by atoms with Gasteiger partial charge in [-0.05, 0) is 25.1 Å². The van der Waals surface area contributed by atoms with Crippen LogP contribution in [0.1, 0.15) is 70.4 Å². The molecule has 0 radical (unpaired) electrons. The molecular weight excluding hydrogens is 479 g/mol. The fourth-order valence-electron chi connectivity index (χ4n) is 4.14. The summed E-state index contributed by atoms with van der Waals surface area (Å²) in [5.74, 6) is -2.20. The molecule has 184 valence electrons. The van der Waals surface area contributed by atoms with Crippen LogP contribution in [-0.4, -0.2) is 47.0 Å². The molecule has 0 aromatic carbocycles. The lowest BCUT2D eigenvalue weighted by atomic mass is 9.99. The number of oxazole rings is 1. The average molecular weight is 496 g/mol. The topological polar surface area (TPSA) is 113 Å². The molecule has 5 rings (SSSR count). The number of carbonyl (C=O) groups excluding carboxylic acids is 1. The van der Waals surface area contributed by atoms with E-state index in [0.29, 0.717) is 15.9 Å². The molecule has 0 saturated heterocycles. The minimum absolute atomic E-state index is 0.00603. The molecule has 1 amide bonds. The molecule has 1 unspecified atom stereocenters. The zero-order chi connectivity index (χ0) is 25.1. The maximum Gasteiger partial charge on any atom is 0.433 e. The van der Waals surface area contributed by atoms with Crippen LogP contribution in [0.2, 0.25) is 0 Å². The highest BCUT2D eigenvalue weighted by Gasteiger charge is 2.41. The first kappa shape index (κ1) is 23.0. The van der Waals surface area contributed by atoms with E-state index < -0.39 is 53.7 Å². The molecule has 14 heteroatoms. The Kier molecular flexibility index (Phi) is 5.34. The number of hydrogen-bond acceptors (Lipinski definition) is 6. The molecule has 0 saturated carbocycles. The van der Waals surface area contributed by atoms with Crippen LogP contribution >= 0.6 is 0 Å². The molecule has 0 aliphatic carbocycles. The zero-order valence-electron chi connectivity index (χ0n) is 17.9. The van der Waals surface area contributed by atoms with Crippen molar-refractivity contribution in [2.45, 2.75) is 38.1 Å². The van der Waals surface area contributed by atoms with Gasteiger partial charge in [0.2, 0.25) is 11.7 Å². The first-order chi connectivity index (χ1) is 16.6. The molecule has 0 spiro atoms. The van der Waals surface area contributed by atoms with E-state index in [0.717, 1.165) is 11.0 Å².